The van der Waals surface area contributed by atoms with Gasteiger partial charge in [-0.2, -0.15) is 0 Å². The van der Waals surface area contributed by atoms with E-state index in [1.54, 1.807) is 31.2 Å². The molecule has 19 heavy (non-hydrogen) atoms. The van der Waals surface area contributed by atoms with Crippen molar-refractivity contribution in [1.82, 2.24) is 5.32 Å². The molecule has 0 bridgehead atoms. The Morgan fingerprint density at radius 3 is 2.68 bits per heavy atom. The van der Waals surface area contributed by atoms with Gasteiger partial charge in [0, 0.05) is 5.69 Å². The van der Waals surface area contributed by atoms with Crippen LogP contribution in [0.3, 0.4) is 0 Å². The predicted octanol–water partition coefficient (Wildman–Crippen LogP) is 1.55. The highest BCUT2D eigenvalue weighted by Gasteiger charge is 2.21. The number of carbonyl (C=O) groups excluding carboxylic acids is 2. The molecule has 1 amide bonds. The van der Waals surface area contributed by atoms with Gasteiger partial charge in [0.2, 0.25) is 5.91 Å². The molecule has 1 atom stereocenters. The Kier molecular flexibility index (Phi) is 4.52. The third-order valence-electron chi connectivity index (χ3n) is 3.04. The molecule has 0 aliphatic carbocycles. The molecule has 0 saturated carbocycles. The summed E-state index contributed by atoms with van der Waals surface area (Å²) in [6.07, 6.45) is 1.90. The van der Waals surface area contributed by atoms with Gasteiger partial charge in [0.05, 0.1) is 18.2 Å². The summed E-state index contributed by atoms with van der Waals surface area (Å²) in [5, 5.41) is 5.97. The summed E-state index contributed by atoms with van der Waals surface area (Å²) in [6, 6.07) is 6.61. The van der Waals surface area contributed by atoms with Crippen LogP contribution in [0, 0.1) is 0 Å². The SMILES string of the molecule is CCOC(=O)c1ccc(NC(=O)C2CCCN2)cc1. The van der Waals surface area contributed by atoms with Crippen LogP contribution in [0.4, 0.5) is 5.69 Å². The molecule has 1 saturated heterocycles. The first-order chi connectivity index (χ1) is 9.20. The van der Waals surface area contributed by atoms with Crippen molar-refractivity contribution in [2.45, 2.75) is 25.8 Å². The van der Waals surface area contributed by atoms with Crippen molar-refractivity contribution in [3.8, 4) is 0 Å². The van der Waals surface area contributed by atoms with Crippen LogP contribution in [0.5, 0.6) is 0 Å². The molecule has 0 spiro atoms. The third-order valence-corrected chi connectivity index (χ3v) is 3.04. The molecule has 1 heterocycles. The molecule has 2 N–H and O–H groups in total. The van der Waals surface area contributed by atoms with Crippen molar-refractivity contribution in [1.29, 1.82) is 0 Å². The Morgan fingerprint density at radius 2 is 2.11 bits per heavy atom. The number of ether oxygens (including phenoxy) is 1. The third kappa shape index (κ3) is 3.54. The maximum absolute atomic E-state index is 11.9. The molecular weight excluding hydrogens is 244 g/mol. The number of hydrogen-bond acceptors (Lipinski definition) is 4. The molecule has 2 rings (SSSR count). The van der Waals surface area contributed by atoms with E-state index < -0.39 is 0 Å². The Hall–Kier alpha value is -1.88. The van der Waals surface area contributed by atoms with Gasteiger partial charge in [-0.25, -0.2) is 4.79 Å². The lowest BCUT2D eigenvalue weighted by Gasteiger charge is -2.11. The van der Waals surface area contributed by atoms with E-state index in [0.717, 1.165) is 19.4 Å². The van der Waals surface area contributed by atoms with Crippen LogP contribution in [0.15, 0.2) is 24.3 Å². The van der Waals surface area contributed by atoms with E-state index in [4.69, 9.17) is 4.74 Å². The minimum atomic E-state index is -0.349. The zero-order valence-corrected chi connectivity index (χ0v) is 10.9. The monoisotopic (exact) mass is 262 g/mol. The summed E-state index contributed by atoms with van der Waals surface area (Å²) < 4.78 is 4.89. The van der Waals surface area contributed by atoms with E-state index in [0.29, 0.717) is 17.9 Å². The van der Waals surface area contributed by atoms with Crippen LogP contribution in [-0.2, 0) is 9.53 Å². The van der Waals surface area contributed by atoms with Gasteiger partial charge in [0.1, 0.15) is 0 Å². The topological polar surface area (TPSA) is 67.4 Å². The summed E-state index contributed by atoms with van der Waals surface area (Å²) in [4.78, 5) is 23.3. The first-order valence-corrected chi connectivity index (χ1v) is 6.52. The summed E-state index contributed by atoms with van der Waals surface area (Å²) in [5.41, 5.74) is 1.17. The largest absolute Gasteiger partial charge is 0.462 e. The van der Waals surface area contributed by atoms with Gasteiger partial charge in [-0.3, -0.25) is 4.79 Å². The van der Waals surface area contributed by atoms with Gasteiger partial charge in [0.15, 0.2) is 0 Å². The van der Waals surface area contributed by atoms with Gasteiger partial charge in [-0.15, -0.1) is 0 Å². The molecule has 1 unspecified atom stereocenters. The summed E-state index contributed by atoms with van der Waals surface area (Å²) in [7, 11) is 0. The van der Waals surface area contributed by atoms with Crippen LogP contribution < -0.4 is 10.6 Å². The Labute approximate surface area is 112 Å². The lowest BCUT2D eigenvalue weighted by molar-refractivity contribution is -0.117. The number of amides is 1. The predicted molar refractivity (Wildman–Crippen MR) is 72.1 cm³/mol. The Balaban J connectivity index is 1.94. The van der Waals surface area contributed by atoms with E-state index in [2.05, 4.69) is 10.6 Å². The number of nitrogens with one attached hydrogen (secondary N) is 2. The van der Waals surface area contributed by atoms with Gasteiger partial charge >= 0.3 is 5.97 Å². The first-order valence-electron chi connectivity index (χ1n) is 6.52. The fraction of sp³-hybridized carbons (Fsp3) is 0.429. The van der Waals surface area contributed by atoms with E-state index in [1.165, 1.54) is 0 Å². The smallest absolute Gasteiger partial charge is 0.338 e. The number of anilines is 1. The van der Waals surface area contributed by atoms with Crippen molar-refractivity contribution < 1.29 is 14.3 Å². The molecule has 0 radical (unpaired) electrons. The quantitative estimate of drug-likeness (QED) is 0.808. The summed E-state index contributed by atoms with van der Waals surface area (Å²) in [6.45, 7) is 3.01. The van der Waals surface area contributed by atoms with E-state index >= 15 is 0 Å². The zero-order valence-electron chi connectivity index (χ0n) is 10.9. The second-order valence-corrected chi connectivity index (χ2v) is 4.44. The van der Waals surface area contributed by atoms with Crippen molar-refractivity contribution in [2.24, 2.45) is 0 Å². The Bertz CT molecular complexity index is 450. The van der Waals surface area contributed by atoms with Crippen LogP contribution in [0.1, 0.15) is 30.1 Å². The molecule has 102 valence electrons. The molecule has 0 aromatic heterocycles. The van der Waals surface area contributed by atoms with Crippen LogP contribution in [0.2, 0.25) is 0 Å². The number of rotatable bonds is 4. The van der Waals surface area contributed by atoms with Crippen LogP contribution in [0.25, 0.3) is 0 Å². The number of benzene rings is 1. The molecule has 1 aromatic carbocycles. The van der Waals surface area contributed by atoms with Gasteiger partial charge in [0.25, 0.3) is 0 Å². The van der Waals surface area contributed by atoms with E-state index in [9.17, 15) is 9.59 Å². The average Bonchev–Trinajstić information content (AvgIpc) is 2.94. The highest BCUT2D eigenvalue weighted by molar-refractivity contribution is 5.96. The van der Waals surface area contributed by atoms with E-state index in [-0.39, 0.29) is 17.9 Å². The van der Waals surface area contributed by atoms with Crippen molar-refractivity contribution in [3.63, 3.8) is 0 Å². The number of carbonyl (C=O) groups is 2. The standard InChI is InChI=1S/C14H18N2O3/c1-2-19-14(18)10-5-7-11(8-6-10)16-13(17)12-4-3-9-15-12/h5-8,12,15H,2-4,9H2,1H3,(H,16,17). The number of esters is 1. The van der Waals surface area contributed by atoms with E-state index in [1.807, 2.05) is 0 Å². The fourth-order valence-corrected chi connectivity index (χ4v) is 2.04. The fourth-order valence-electron chi connectivity index (χ4n) is 2.04. The van der Waals surface area contributed by atoms with Crippen LogP contribution >= 0.6 is 0 Å². The van der Waals surface area contributed by atoms with Crippen molar-refractivity contribution in [2.75, 3.05) is 18.5 Å². The molecule has 1 aromatic rings. The lowest BCUT2D eigenvalue weighted by atomic mass is 10.2. The lowest BCUT2D eigenvalue weighted by Crippen LogP contribution is -2.35. The molecular formula is C14H18N2O3. The van der Waals surface area contributed by atoms with Gasteiger partial charge in [-0.05, 0) is 50.6 Å². The number of hydrogen-bond donors (Lipinski definition) is 2. The first kappa shape index (κ1) is 13.5. The summed E-state index contributed by atoms with van der Waals surface area (Å²) >= 11 is 0. The molecule has 5 heteroatoms. The minimum absolute atomic E-state index is 0.0265. The highest BCUT2D eigenvalue weighted by atomic mass is 16.5. The van der Waals surface area contributed by atoms with Crippen molar-refractivity contribution in [3.05, 3.63) is 29.8 Å². The average molecular weight is 262 g/mol. The van der Waals surface area contributed by atoms with Gasteiger partial charge in [-0.1, -0.05) is 0 Å². The molecule has 1 aliphatic rings. The molecule has 5 nitrogen and oxygen atoms in total. The van der Waals surface area contributed by atoms with Gasteiger partial charge < -0.3 is 15.4 Å². The van der Waals surface area contributed by atoms with Crippen LogP contribution in [-0.4, -0.2) is 31.1 Å². The minimum Gasteiger partial charge on any atom is -0.462 e. The maximum atomic E-state index is 11.9. The zero-order chi connectivity index (χ0) is 13.7. The Morgan fingerprint density at radius 1 is 1.37 bits per heavy atom. The maximum Gasteiger partial charge on any atom is 0.338 e. The second-order valence-electron chi connectivity index (χ2n) is 4.44. The summed E-state index contributed by atoms with van der Waals surface area (Å²) in [5.74, 6) is -0.376. The second kappa shape index (κ2) is 6.33. The normalized spacial score (nSPS) is 18.1. The molecule has 1 fully saturated rings. The highest BCUT2D eigenvalue weighted by Crippen LogP contribution is 2.13. The van der Waals surface area contributed by atoms with Crippen molar-refractivity contribution >= 4 is 17.6 Å². The molecule has 1 aliphatic heterocycles.